The number of nitrogens with one attached hydrogen (secondary N) is 1. The smallest absolute Gasteiger partial charge is 0.177 e. The third-order valence-corrected chi connectivity index (χ3v) is 5.74. The van der Waals surface area contributed by atoms with Crippen LogP contribution in [0.2, 0.25) is 0 Å². The maximum absolute atomic E-state index is 12.6. The SMILES string of the molecule is C=C/C=C\C1=C(C)CC(=O)c2sccc2/C1=C1/CCCCNCC1. The van der Waals surface area contributed by atoms with E-state index in [1.807, 2.05) is 12.2 Å². The van der Waals surface area contributed by atoms with E-state index in [2.05, 4.69) is 36.3 Å². The van der Waals surface area contributed by atoms with Crippen molar-refractivity contribution in [1.29, 1.82) is 0 Å². The van der Waals surface area contributed by atoms with E-state index in [1.54, 1.807) is 11.3 Å². The standard InChI is InChI=1S/C21H25NOS/c1-3-4-8-17-15(2)14-19(23)21-18(10-13-24-21)20(17)16-7-5-6-11-22-12-9-16/h3-4,8,10,13,22H,1,5-7,9,11-12,14H2,2H3/b8-4-,20-16-. The number of Topliss-reactive ketones (excluding diaryl/α,β-unsaturated/α-hetero) is 1. The topological polar surface area (TPSA) is 29.1 Å². The number of thiophene rings is 1. The average Bonchev–Trinajstić information content (AvgIpc) is 2.98. The molecule has 3 heteroatoms. The minimum Gasteiger partial charge on any atom is -0.316 e. The average molecular weight is 340 g/mol. The molecule has 1 fully saturated rings. The van der Waals surface area contributed by atoms with E-state index >= 15 is 0 Å². The van der Waals surface area contributed by atoms with Gasteiger partial charge in [-0.15, -0.1) is 11.3 Å². The summed E-state index contributed by atoms with van der Waals surface area (Å²) in [5.41, 5.74) is 6.31. The predicted molar refractivity (Wildman–Crippen MR) is 104 cm³/mol. The van der Waals surface area contributed by atoms with Crippen LogP contribution in [0.15, 0.2) is 53.0 Å². The highest BCUT2D eigenvalue weighted by molar-refractivity contribution is 7.12. The lowest BCUT2D eigenvalue weighted by atomic mass is 9.87. The van der Waals surface area contributed by atoms with Crippen molar-refractivity contribution >= 4 is 22.7 Å². The van der Waals surface area contributed by atoms with Gasteiger partial charge in [-0.05, 0) is 68.3 Å². The Balaban J connectivity index is 2.20. The molecule has 1 aliphatic heterocycles. The van der Waals surface area contributed by atoms with E-state index in [-0.39, 0.29) is 5.78 Å². The summed E-state index contributed by atoms with van der Waals surface area (Å²) in [6.45, 7) is 8.04. The highest BCUT2D eigenvalue weighted by atomic mass is 32.1. The van der Waals surface area contributed by atoms with Gasteiger partial charge in [0.05, 0.1) is 4.88 Å². The van der Waals surface area contributed by atoms with Crippen LogP contribution in [0.3, 0.4) is 0 Å². The molecule has 24 heavy (non-hydrogen) atoms. The largest absolute Gasteiger partial charge is 0.316 e. The summed E-state index contributed by atoms with van der Waals surface area (Å²) in [5.74, 6) is 0.251. The Kier molecular flexibility index (Phi) is 5.64. The zero-order chi connectivity index (χ0) is 16.9. The first-order valence-electron chi connectivity index (χ1n) is 8.75. The van der Waals surface area contributed by atoms with Crippen LogP contribution in [-0.2, 0) is 0 Å². The summed E-state index contributed by atoms with van der Waals surface area (Å²) in [4.78, 5) is 13.6. The van der Waals surface area contributed by atoms with E-state index in [1.165, 1.54) is 35.1 Å². The molecule has 0 aromatic carbocycles. The number of carbonyl (C=O) groups excluding carboxylic acids is 1. The second-order valence-electron chi connectivity index (χ2n) is 6.49. The Morgan fingerprint density at radius 2 is 2.12 bits per heavy atom. The molecular formula is C21H25NOS. The van der Waals surface area contributed by atoms with Crippen LogP contribution in [0.1, 0.15) is 54.3 Å². The summed E-state index contributed by atoms with van der Waals surface area (Å²) < 4.78 is 0. The molecule has 2 aliphatic rings. The van der Waals surface area contributed by atoms with Gasteiger partial charge in [0.15, 0.2) is 5.78 Å². The summed E-state index contributed by atoms with van der Waals surface area (Å²) in [6.07, 6.45) is 11.0. The van der Waals surface area contributed by atoms with Crippen molar-refractivity contribution in [1.82, 2.24) is 5.32 Å². The van der Waals surface area contributed by atoms with Gasteiger partial charge in [0, 0.05) is 12.0 Å². The van der Waals surface area contributed by atoms with E-state index in [4.69, 9.17) is 0 Å². The van der Waals surface area contributed by atoms with Crippen molar-refractivity contribution < 1.29 is 4.79 Å². The normalized spacial score (nSPS) is 23.0. The fourth-order valence-corrected chi connectivity index (χ4v) is 4.44. The van der Waals surface area contributed by atoms with Gasteiger partial charge in [0.25, 0.3) is 0 Å². The van der Waals surface area contributed by atoms with Gasteiger partial charge < -0.3 is 5.32 Å². The molecule has 1 saturated heterocycles. The zero-order valence-corrected chi connectivity index (χ0v) is 15.2. The van der Waals surface area contributed by atoms with Gasteiger partial charge in [-0.2, -0.15) is 0 Å². The van der Waals surface area contributed by atoms with Crippen LogP contribution >= 0.6 is 11.3 Å². The minimum absolute atomic E-state index is 0.251. The van der Waals surface area contributed by atoms with Gasteiger partial charge in [0.1, 0.15) is 0 Å². The van der Waals surface area contributed by atoms with Gasteiger partial charge in [0.2, 0.25) is 0 Å². The van der Waals surface area contributed by atoms with Gasteiger partial charge in [-0.3, -0.25) is 4.79 Å². The van der Waals surface area contributed by atoms with Gasteiger partial charge >= 0.3 is 0 Å². The molecule has 0 spiro atoms. The van der Waals surface area contributed by atoms with Crippen LogP contribution in [-0.4, -0.2) is 18.9 Å². The molecule has 2 nitrogen and oxygen atoms in total. The zero-order valence-electron chi connectivity index (χ0n) is 14.4. The first kappa shape index (κ1) is 17.1. The van der Waals surface area contributed by atoms with E-state index in [0.717, 1.165) is 36.4 Å². The van der Waals surface area contributed by atoms with Crippen LogP contribution < -0.4 is 5.32 Å². The van der Waals surface area contributed by atoms with E-state index < -0.39 is 0 Å². The third kappa shape index (κ3) is 3.52. The van der Waals surface area contributed by atoms with Gasteiger partial charge in [-0.25, -0.2) is 0 Å². The first-order chi connectivity index (χ1) is 11.7. The number of carbonyl (C=O) groups is 1. The molecule has 0 saturated carbocycles. The minimum atomic E-state index is 0.251. The third-order valence-electron chi connectivity index (χ3n) is 4.78. The molecule has 1 aliphatic carbocycles. The Bertz CT molecular complexity index is 723. The lowest BCUT2D eigenvalue weighted by molar-refractivity contribution is 0.0997. The lowest BCUT2D eigenvalue weighted by Gasteiger charge is -2.20. The quantitative estimate of drug-likeness (QED) is 0.740. The highest BCUT2D eigenvalue weighted by Gasteiger charge is 2.26. The fourth-order valence-electron chi connectivity index (χ4n) is 3.60. The Hall–Kier alpha value is -1.71. The number of hydrogen-bond donors (Lipinski definition) is 1. The maximum Gasteiger partial charge on any atom is 0.177 e. The lowest BCUT2D eigenvalue weighted by Crippen LogP contribution is -2.19. The molecule has 126 valence electrons. The molecule has 1 N–H and O–H groups in total. The number of fused-ring (bicyclic) bond motifs is 1. The fraction of sp³-hybridized carbons (Fsp3) is 0.381. The highest BCUT2D eigenvalue weighted by Crippen LogP contribution is 2.41. The van der Waals surface area contributed by atoms with Crippen molar-refractivity contribution in [2.45, 2.75) is 39.0 Å². The molecule has 3 rings (SSSR count). The summed E-state index contributed by atoms with van der Waals surface area (Å²) in [5, 5.41) is 5.57. The Morgan fingerprint density at radius 1 is 1.25 bits per heavy atom. The molecule has 0 radical (unpaired) electrons. The monoisotopic (exact) mass is 339 g/mol. The predicted octanol–water partition coefficient (Wildman–Crippen LogP) is 5.31. The molecule has 1 aromatic rings. The van der Waals surface area contributed by atoms with Crippen LogP contribution in [0.25, 0.3) is 5.57 Å². The van der Waals surface area contributed by atoms with Crippen molar-refractivity contribution in [3.63, 3.8) is 0 Å². The van der Waals surface area contributed by atoms with Crippen LogP contribution in [0.4, 0.5) is 0 Å². The van der Waals surface area contributed by atoms with Gasteiger partial charge in [-0.1, -0.05) is 36.0 Å². The van der Waals surface area contributed by atoms with Crippen LogP contribution in [0.5, 0.6) is 0 Å². The molecule has 0 atom stereocenters. The number of rotatable bonds is 2. The van der Waals surface area contributed by atoms with Crippen molar-refractivity contribution in [3.05, 3.63) is 63.4 Å². The number of hydrogen-bond acceptors (Lipinski definition) is 3. The van der Waals surface area contributed by atoms with Crippen LogP contribution in [0, 0.1) is 0 Å². The molecule has 0 unspecified atom stereocenters. The van der Waals surface area contributed by atoms with E-state index in [9.17, 15) is 4.79 Å². The maximum atomic E-state index is 12.6. The molecular weight excluding hydrogens is 314 g/mol. The molecule has 1 aromatic heterocycles. The van der Waals surface area contributed by atoms with Crippen molar-refractivity contribution in [2.24, 2.45) is 0 Å². The Morgan fingerprint density at radius 3 is 2.96 bits per heavy atom. The molecule has 0 amide bonds. The van der Waals surface area contributed by atoms with E-state index in [0.29, 0.717) is 6.42 Å². The molecule has 0 bridgehead atoms. The first-order valence-corrected chi connectivity index (χ1v) is 9.63. The Labute approximate surface area is 148 Å². The second-order valence-corrected chi connectivity index (χ2v) is 7.40. The summed E-state index contributed by atoms with van der Waals surface area (Å²) in [6, 6.07) is 2.13. The second kappa shape index (κ2) is 7.91. The summed E-state index contributed by atoms with van der Waals surface area (Å²) in [7, 11) is 0. The molecule has 2 heterocycles. The van der Waals surface area contributed by atoms with Crippen molar-refractivity contribution in [3.8, 4) is 0 Å². The number of allylic oxidation sites excluding steroid dienone is 6. The van der Waals surface area contributed by atoms with Crippen molar-refractivity contribution in [2.75, 3.05) is 13.1 Å². The summed E-state index contributed by atoms with van der Waals surface area (Å²) >= 11 is 1.58. The number of ketones is 1.